The fraction of sp³-hybridized carbons (Fsp3) is 0.308. The highest BCUT2D eigenvalue weighted by Crippen LogP contribution is 2.39. The van der Waals surface area contributed by atoms with Crippen LogP contribution in [-0.4, -0.2) is 25.4 Å². The number of rotatable bonds is 6. The molecule has 0 bridgehead atoms. The van der Waals surface area contributed by atoms with Crippen molar-refractivity contribution in [3.8, 4) is 0 Å². The molecule has 2 atom stereocenters. The summed E-state index contributed by atoms with van der Waals surface area (Å²) in [4.78, 5) is 25.4. The van der Waals surface area contributed by atoms with Gasteiger partial charge in [0.25, 0.3) is 5.91 Å². The van der Waals surface area contributed by atoms with Crippen LogP contribution in [0.25, 0.3) is 21.9 Å². The standard InChI is InChI=1S/C26H27BrN6O/c1-15(2)26(34)32-24-20-9-10-33(25(20)30-14-29-24)19-8-6-16(11-19)3-4-17-5-7-18-13-21(27)23(28)31-22(18)12-17/h5,7,9-10,12-14,16,19H,1,3-4,6,8,11H2,2H3,(H2,28,31)(H,29,30,32,34). The quantitative estimate of drug-likeness (QED) is 0.313. The maximum Gasteiger partial charge on any atom is 0.251 e. The van der Waals surface area contributed by atoms with E-state index < -0.39 is 0 Å². The Morgan fingerprint density at radius 3 is 2.94 bits per heavy atom. The summed E-state index contributed by atoms with van der Waals surface area (Å²) in [6, 6.07) is 10.9. The number of nitrogens with two attached hydrogens (primary N) is 1. The van der Waals surface area contributed by atoms with Crippen LogP contribution < -0.4 is 11.1 Å². The maximum absolute atomic E-state index is 12.1. The molecular weight excluding hydrogens is 492 g/mol. The molecule has 5 rings (SSSR count). The van der Waals surface area contributed by atoms with E-state index >= 15 is 0 Å². The SMILES string of the molecule is C=C(C)C(=O)Nc1ncnc2c1ccn2C1CCC(CCc2ccc3cc(Br)c(N)nc3c2)C1. The molecule has 0 spiro atoms. The molecular formula is C26H27BrN6O. The predicted octanol–water partition coefficient (Wildman–Crippen LogP) is 5.81. The number of hydrogen-bond acceptors (Lipinski definition) is 5. The fourth-order valence-electron chi connectivity index (χ4n) is 4.87. The Kier molecular flexibility index (Phi) is 6.08. The van der Waals surface area contributed by atoms with Crippen molar-refractivity contribution in [3.05, 3.63) is 65.0 Å². The third-order valence-corrected chi connectivity index (χ3v) is 7.37. The van der Waals surface area contributed by atoms with Crippen LogP contribution in [-0.2, 0) is 11.2 Å². The highest BCUT2D eigenvalue weighted by atomic mass is 79.9. The second-order valence-corrected chi connectivity index (χ2v) is 10.0. The maximum atomic E-state index is 12.1. The van der Waals surface area contributed by atoms with Gasteiger partial charge in [-0.15, -0.1) is 0 Å². The summed E-state index contributed by atoms with van der Waals surface area (Å²) in [6.07, 6.45) is 9.18. The van der Waals surface area contributed by atoms with Gasteiger partial charge in [0.05, 0.1) is 15.4 Å². The Morgan fingerprint density at radius 2 is 2.12 bits per heavy atom. The number of halogens is 1. The number of benzene rings is 1. The Balaban J connectivity index is 1.26. The van der Waals surface area contributed by atoms with Crippen LogP contribution in [0.5, 0.6) is 0 Å². The van der Waals surface area contributed by atoms with Crippen LogP contribution >= 0.6 is 15.9 Å². The van der Waals surface area contributed by atoms with E-state index in [1.54, 1.807) is 6.92 Å². The molecule has 2 unspecified atom stereocenters. The van der Waals surface area contributed by atoms with Crippen LogP contribution in [0.1, 0.15) is 44.2 Å². The van der Waals surface area contributed by atoms with Gasteiger partial charge in [-0.2, -0.15) is 0 Å². The lowest BCUT2D eigenvalue weighted by atomic mass is 9.97. The number of carbonyl (C=O) groups excluding carboxylic acids is 1. The molecule has 0 radical (unpaired) electrons. The molecule has 1 aromatic carbocycles. The van der Waals surface area contributed by atoms with E-state index in [1.807, 2.05) is 12.1 Å². The summed E-state index contributed by atoms with van der Waals surface area (Å²) in [5.41, 5.74) is 9.51. The second kappa shape index (κ2) is 9.18. The molecule has 0 saturated heterocycles. The number of carbonyl (C=O) groups is 1. The summed E-state index contributed by atoms with van der Waals surface area (Å²) >= 11 is 3.45. The molecule has 4 aromatic rings. The Hall–Kier alpha value is -3.26. The number of anilines is 2. The molecule has 1 amide bonds. The number of nitrogens with zero attached hydrogens (tertiary/aromatic N) is 4. The molecule has 1 saturated carbocycles. The van der Waals surface area contributed by atoms with E-state index in [1.165, 1.54) is 18.3 Å². The van der Waals surface area contributed by atoms with E-state index in [4.69, 9.17) is 5.73 Å². The number of aryl methyl sites for hydroxylation is 1. The topological polar surface area (TPSA) is 98.7 Å². The van der Waals surface area contributed by atoms with Crippen molar-refractivity contribution in [1.29, 1.82) is 0 Å². The normalized spacial score (nSPS) is 17.9. The van der Waals surface area contributed by atoms with Crippen molar-refractivity contribution < 1.29 is 4.79 Å². The van der Waals surface area contributed by atoms with E-state index in [0.29, 0.717) is 29.2 Å². The van der Waals surface area contributed by atoms with Crippen molar-refractivity contribution in [2.24, 2.45) is 5.92 Å². The van der Waals surface area contributed by atoms with Gasteiger partial charge < -0.3 is 15.6 Å². The van der Waals surface area contributed by atoms with Gasteiger partial charge in [-0.05, 0) is 84.6 Å². The zero-order valence-electron chi connectivity index (χ0n) is 19.1. The summed E-state index contributed by atoms with van der Waals surface area (Å²) in [6.45, 7) is 5.38. The van der Waals surface area contributed by atoms with Gasteiger partial charge in [0.15, 0.2) is 0 Å². The smallest absolute Gasteiger partial charge is 0.251 e. The molecule has 3 aromatic heterocycles. The lowest BCUT2D eigenvalue weighted by molar-refractivity contribution is -0.112. The van der Waals surface area contributed by atoms with Crippen molar-refractivity contribution in [3.63, 3.8) is 0 Å². The summed E-state index contributed by atoms with van der Waals surface area (Å²) in [5.74, 6) is 1.48. The third-order valence-electron chi connectivity index (χ3n) is 6.74. The average Bonchev–Trinajstić information content (AvgIpc) is 3.46. The number of aromatic nitrogens is 4. The number of nitrogens with one attached hydrogen (secondary N) is 1. The van der Waals surface area contributed by atoms with Crippen LogP contribution in [0.2, 0.25) is 0 Å². The first-order valence-corrected chi connectivity index (χ1v) is 12.3. The van der Waals surface area contributed by atoms with Crippen molar-refractivity contribution in [2.45, 2.75) is 45.1 Å². The third kappa shape index (κ3) is 4.42. The van der Waals surface area contributed by atoms with E-state index in [2.05, 4.69) is 71.7 Å². The number of fused-ring (bicyclic) bond motifs is 2. The summed E-state index contributed by atoms with van der Waals surface area (Å²) < 4.78 is 3.08. The van der Waals surface area contributed by atoms with E-state index in [0.717, 1.165) is 52.1 Å². The summed E-state index contributed by atoms with van der Waals surface area (Å²) in [5, 5.41) is 4.78. The van der Waals surface area contributed by atoms with Crippen LogP contribution in [0.15, 0.2) is 59.5 Å². The molecule has 7 nitrogen and oxygen atoms in total. The van der Waals surface area contributed by atoms with Gasteiger partial charge in [0.1, 0.15) is 23.6 Å². The van der Waals surface area contributed by atoms with Gasteiger partial charge in [0.2, 0.25) is 0 Å². The number of pyridine rings is 1. The van der Waals surface area contributed by atoms with Gasteiger partial charge in [0, 0.05) is 23.2 Å². The highest BCUT2D eigenvalue weighted by Gasteiger charge is 2.27. The lowest BCUT2D eigenvalue weighted by Crippen LogP contribution is -2.13. The molecule has 8 heteroatoms. The average molecular weight is 519 g/mol. The first-order chi connectivity index (χ1) is 16.4. The Morgan fingerprint density at radius 1 is 1.26 bits per heavy atom. The largest absolute Gasteiger partial charge is 0.383 e. The zero-order valence-corrected chi connectivity index (χ0v) is 20.7. The van der Waals surface area contributed by atoms with E-state index in [9.17, 15) is 4.79 Å². The van der Waals surface area contributed by atoms with Crippen LogP contribution in [0.4, 0.5) is 11.6 Å². The monoisotopic (exact) mass is 518 g/mol. The van der Waals surface area contributed by atoms with Crippen molar-refractivity contribution in [2.75, 3.05) is 11.1 Å². The van der Waals surface area contributed by atoms with Gasteiger partial charge in [-0.1, -0.05) is 18.7 Å². The molecule has 1 aliphatic rings. The van der Waals surface area contributed by atoms with Gasteiger partial charge >= 0.3 is 0 Å². The zero-order chi connectivity index (χ0) is 23.8. The van der Waals surface area contributed by atoms with E-state index in [-0.39, 0.29) is 5.91 Å². The molecule has 1 aliphatic carbocycles. The molecule has 3 heterocycles. The van der Waals surface area contributed by atoms with Crippen LogP contribution in [0.3, 0.4) is 0 Å². The molecule has 1 fully saturated rings. The minimum atomic E-state index is -0.229. The first-order valence-electron chi connectivity index (χ1n) is 11.5. The van der Waals surface area contributed by atoms with Crippen molar-refractivity contribution >= 4 is 55.4 Å². The molecule has 3 N–H and O–H groups in total. The minimum absolute atomic E-state index is 0.229. The lowest BCUT2D eigenvalue weighted by Gasteiger charge is -2.15. The number of amides is 1. The van der Waals surface area contributed by atoms with Crippen LogP contribution in [0, 0.1) is 5.92 Å². The molecule has 34 heavy (non-hydrogen) atoms. The Labute approximate surface area is 206 Å². The second-order valence-electron chi connectivity index (χ2n) is 9.17. The molecule has 174 valence electrons. The highest BCUT2D eigenvalue weighted by molar-refractivity contribution is 9.10. The van der Waals surface area contributed by atoms with Gasteiger partial charge in [-0.3, -0.25) is 4.79 Å². The van der Waals surface area contributed by atoms with Crippen molar-refractivity contribution in [1.82, 2.24) is 19.5 Å². The Bertz CT molecular complexity index is 1410. The number of nitrogen functional groups attached to an aromatic ring is 1. The first kappa shape index (κ1) is 22.5. The van der Waals surface area contributed by atoms with Gasteiger partial charge in [-0.25, -0.2) is 15.0 Å². The predicted molar refractivity (Wildman–Crippen MR) is 140 cm³/mol. The fourth-order valence-corrected chi connectivity index (χ4v) is 5.21. The summed E-state index contributed by atoms with van der Waals surface area (Å²) in [7, 11) is 0. The minimum Gasteiger partial charge on any atom is -0.383 e. The number of hydrogen-bond donors (Lipinski definition) is 2. The molecule has 0 aliphatic heterocycles.